The van der Waals surface area contributed by atoms with Gasteiger partial charge in [0.1, 0.15) is 23.3 Å². The minimum Gasteiger partial charge on any atom is -0.464 e. The number of ether oxygens (including phenoxy) is 4. The monoisotopic (exact) mass is 646 g/mol. The second-order valence-corrected chi connectivity index (χ2v) is 12.0. The van der Waals surface area contributed by atoms with Gasteiger partial charge >= 0.3 is 24.1 Å². The van der Waals surface area contributed by atoms with Gasteiger partial charge in [0.25, 0.3) is 5.69 Å². The molecule has 4 N–H and O–H groups in total. The Bertz CT molecular complexity index is 1300. The Labute approximate surface area is 269 Å². The highest BCUT2D eigenvalue weighted by Gasteiger charge is 2.27. The molecule has 0 saturated heterocycles. The number of anilines is 1. The fourth-order valence-corrected chi connectivity index (χ4v) is 3.65. The lowest BCUT2D eigenvalue weighted by molar-refractivity contribution is -0.384. The molecule has 0 aromatic heterocycles. The molecule has 0 unspecified atom stereocenters. The third-order valence-corrected chi connectivity index (χ3v) is 5.53. The van der Waals surface area contributed by atoms with E-state index in [-0.39, 0.29) is 25.3 Å². The van der Waals surface area contributed by atoms with Crippen LogP contribution >= 0.6 is 0 Å². The fraction of sp³-hybridized carbons (Fsp3) is 0.500. The summed E-state index contributed by atoms with van der Waals surface area (Å²) in [5.41, 5.74) is 6.40. The molecule has 2 atom stereocenters. The maximum Gasteiger partial charge on any atom is 0.408 e. The van der Waals surface area contributed by atoms with E-state index in [9.17, 15) is 29.3 Å². The SMILES string of the molecule is CCOC(=O)[C@H](Cc1ccc(N)cc1)NC(=O)OC(C)(C)C.CCOC(=O)[C@H](Cc1ccc([N+](=O)[O-])cc1)NC(=O)OC(C)(C)C. The molecular weight excluding hydrogens is 600 g/mol. The molecule has 14 nitrogen and oxygen atoms in total. The van der Waals surface area contributed by atoms with Crippen molar-refractivity contribution in [2.45, 2.75) is 91.5 Å². The lowest BCUT2D eigenvalue weighted by atomic mass is 10.1. The summed E-state index contributed by atoms with van der Waals surface area (Å²) in [6, 6.07) is 11.1. The van der Waals surface area contributed by atoms with E-state index in [1.54, 1.807) is 79.7 Å². The summed E-state index contributed by atoms with van der Waals surface area (Å²) in [7, 11) is 0. The second kappa shape index (κ2) is 18.2. The van der Waals surface area contributed by atoms with Crippen LogP contribution in [0, 0.1) is 10.1 Å². The Morgan fingerprint density at radius 2 is 1.07 bits per heavy atom. The molecule has 46 heavy (non-hydrogen) atoms. The van der Waals surface area contributed by atoms with Gasteiger partial charge in [-0.25, -0.2) is 19.2 Å². The smallest absolute Gasteiger partial charge is 0.408 e. The fourth-order valence-electron chi connectivity index (χ4n) is 3.65. The maximum atomic E-state index is 12.0. The van der Waals surface area contributed by atoms with Crippen LogP contribution in [0.1, 0.15) is 66.5 Å². The summed E-state index contributed by atoms with van der Waals surface area (Å²) in [5.74, 6) is -1.09. The molecule has 0 bridgehead atoms. The number of nitrogens with one attached hydrogen (secondary N) is 2. The van der Waals surface area contributed by atoms with Crippen LogP contribution in [0.4, 0.5) is 21.0 Å². The van der Waals surface area contributed by atoms with Crippen LogP contribution in [-0.2, 0) is 41.4 Å². The summed E-state index contributed by atoms with van der Waals surface area (Å²) in [6.07, 6.45) is -0.947. The van der Waals surface area contributed by atoms with Gasteiger partial charge in [-0.05, 0) is 78.6 Å². The molecule has 14 heteroatoms. The predicted octanol–water partition coefficient (Wildman–Crippen LogP) is 4.86. The number of hydrogen-bond donors (Lipinski definition) is 3. The number of carbonyl (C=O) groups is 4. The minimum absolute atomic E-state index is 0.0495. The third-order valence-electron chi connectivity index (χ3n) is 5.53. The third kappa shape index (κ3) is 16.3. The van der Waals surface area contributed by atoms with Gasteiger partial charge in [-0.3, -0.25) is 10.1 Å². The number of amides is 2. The van der Waals surface area contributed by atoms with E-state index in [0.29, 0.717) is 17.7 Å². The van der Waals surface area contributed by atoms with Crippen molar-refractivity contribution < 1.29 is 43.0 Å². The first-order valence-electron chi connectivity index (χ1n) is 14.7. The number of alkyl carbamates (subject to hydrolysis) is 2. The number of rotatable bonds is 11. The van der Waals surface area contributed by atoms with Crippen LogP contribution < -0.4 is 16.4 Å². The lowest BCUT2D eigenvalue weighted by Crippen LogP contribution is -2.45. The van der Waals surface area contributed by atoms with Gasteiger partial charge in [0, 0.05) is 30.7 Å². The minimum atomic E-state index is -0.943. The number of nitrogens with two attached hydrogens (primary N) is 1. The van der Waals surface area contributed by atoms with Crippen molar-refractivity contribution in [2.24, 2.45) is 0 Å². The van der Waals surface area contributed by atoms with Crippen molar-refractivity contribution in [1.29, 1.82) is 0 Å². The molecule has 254 valence electrons. The molecule has 0 aliphatic carbocycles. The normalized spacial score (nSPS) is 12.3. The number of nitro groups is 1. The van der Waals surface area contributed by atoms with Gasteiger partial charge in [-0.15, -0.1) is 0 Å². The molecule has 0 spiro atoms. The van der Waals surface area contributed by atoms with Crippen molar-refractivity contribution in [3.63, 3.8) is 0 Å². The summed E-state index contributed by atoms with van der Waals surface area (Å²) < 4.78 is 20.3. The van der Waals surface area contributed by atoms with Crippen molar-refractivity contribution >= 4 is 35.5 Å². The Balaban J connectivity index is 0.000000462. The summed E-state index contributed by atoms with van der Waals surface area (Å²) in [6.45, 7) is 14.2. The van der Waals surface area contributed by atoms with Gasteiger partial charge in [0.15, 0.2) is 0 Å². The zero-order chi connectivity index (χ0) is 35.1. The number of carbonyl (C=O) groups excluding carboxylic acids is 4. The van der Waals surface area contributed by atoms with E-state index >= 15 is 0 Å². The Hall–Kier alpha value is -4.88. The molecule has 2 amide bonds. The molecule has 0 fully saturated rings. The maximum absolute atomic E-state index is 12.0. The van der Waals surface area contributed by atoms with E-state index in [2.05, 4.69) is 10.6 Å². The molecule has 0 heterocycles. The number of nitrogen functional groups attached to an aromatic ring is 1. The van der Waals surface area contributed by atoms with Crippen LogP contribution in [0.25, 0.3) is 0 Å². The molecule has 0 aliphatic heterocycles. The Kier molecular flexibility index (Phi) is 15.5. The van der Waals surface area contributed by atoms with Crippen LogP contribution in [0.3, 0.4) is 0 Å². The summed E-state index contributed by atoms with van der Waals surface area (Å²) in [4.78, 5) is 57.9. The number of benzene rings is 2. The molecule has 2 aromatic carbocycles. The predicted molar refractivity (Wildman–Crippen MR) is 171 cm³/mol. The Morgan fingerprint density at radius 3 is 1.37 bits per heavy atom. The van der Waals surface area contributed by atoms with Crippen molar-refractivity contribution in [1.82, 2.24) is 10.6 Å². The molecule has 2 aromatic rings. The highest BCUT2D eigenvalue weighted by molar-refractivity contribution is 5.82. The first-order chi connectivity index (χ1) is 21.3. The number of hydrogen-bond acceptors (Lipinski definition) is 11. The lowest BCUT2D eigenvalue weighted by Gasteiger charge is -2.23. The molecule has 0 saturated carbocycles. The zero-order valence-corrected chi connectivity index (χ0v) is 27.7. The summed E-state index contributed by atoms with van der Waals surface area (Å²) >= 11 is 0. The van der Waals surface area contributed by atoms with E-state index < -0.39 is 52.3 Å². The highest BCUT2D eigenvalue weighted by Crippen LogP contribution is 2.15. The van der Waals surface area contributed by atoms with Crippen molar-refractivity contribution in [2.75, 3.05) is 18.9 Å². The quantitative estimate of drug-likeness (QED) is 0.0990. The van der Waals surface area contributed by atoms with Crippen LogP contribution in [0.15, 0.2) is 48.5 Å². The van der Waals surface area contributed by atoms with Gasteiger partial charge in [-0.2, -0.15) is 0 Å². The summed E-state index contributed by atoms with van der Waals surface area (Å²) in [5, 5.41) is 15.7. The Morgan fingerprint density at radius 1 is 0.717 bits per heavy atom. The highest BCUT2D eigenvalue weighted by atomic mass is 16.6. The van der Waals surface area contributed by atoms with Crippen LogP contribution in [-0.4, -0.2) is 65.5 Å². The molecule has 2 rings (SSSR count). The van der Waals surface area contributed by atoms with Gasteiger partial charge in [0.05, 0.1) is 18.1 Å². The molecule has 0 radical (unpaired) electrons. The number of non-ortho nitro benzene ring substituents is 1. The van der Waals surface area contributed by atoms with Crippen molar-refractivity contribution in [3.8, 4) is 0 Å². The topological polar surface area (TPSA) is 198 Å². The average Bonchev–Trinajstić information content (AvgIpc) is 2.92. The molecular formula is C32H46N4O10. The second-order valence-electron chi connectivity index (χ2n) is 12.0. The average molecular weight is 647 g/mol. The zero-order valence-electron chi connectivity index (χ0n) is 27.7. The number of esters is 2. The van der Waals surface area contributed by atoms with Gasteiger partial charge in [0.2, 0.25) is 0 Å². The van der Waals surface area contributed by atoms with Crippen molar-refractivity contribution in [3.05, 3.63) is 69.8 Å². The van der Waals surface area contributed by atoms with E-state index in [4.69, 9.17) is 24.7 Å². The van der Waals surface area contributed by atoms with Crippen LogP contribution in [0.2, 0.25) is 0 Å². The standard InChI is InChI=1S/C16H22N2O6.C16H24N2O4/c1-5-23-14(19)13(17-15(20)24-16(2,3)4)10-11-6-8-12(9-7-11)18(21)22;1-5-21-14(19)13(18-15(20)22-16(2,3)4)10-11-6-8-12(17)9-7-11/h6-9,13H,5,10H2,1-4H3,(H,17,20);6-9,13H,5,10,17H2,1-4H3,(H,18,20)/t2*13-/m00/s1. The van der Waals surface area contributed by atoms with Gasteiger partial charge in [-0.1, -0.05) is 24.3 Å². The van der Waals surface area contributed by atoms with E-state index in [0.717, 1.165) is 5.56 Å². The van der Waals surface area contributed by atoms with Gasteiger partial charge < -0.3 is 35.3 Å². The first kappa shape index (κ1) is 39.1. The van der Waals surface area contributed by atoms with E-state index in [1.807, 2.05) is 0 Å². The molecule has 0 aliphatic rings. The van der Waals surface area contributed by atoms with E-state index in [1.165, 1.54) is 24.3 Å². The largest absolute Gasteiger partial charge is 0.464 e. The number of nitrogens with zero attached hydrogens (tertiary/aromatic N) is 1. The number of nitro benzene ring substituents is 1. The van der Waals surface area contributed by atoms with Crippen LogP contribution in [0.5, 0.6) is 0 Å². The first-order valence-corrected chi connectivity index (χ1v) is 14.7.